The number of rotatable bonds is 5. The number of H-pyrrole nitrogens is 1. The van der Waals surface area contributed by atoms with E-state index in [4.69, 9.17) is 27.9 Å². The third kappa shape index (κ3) is 4.39. The molecule has 1 fully saturated rings. The minimum absolute atomic E-state index is 0.190. The fraction of sp³-hybridized carbons (Fsp3) is 0.348. The first kappa shape index (κ1) is 20.1. The molecule has 1 aliphatic heterocycles. The van der Waals surface area contributed by atoms with Crippen LogP contribution in [0.1, 0.15) is 36.3 Å². The lowest BCUT2D eigenvalue weighted by Crippen LogP contribution is -2.38. The normalized spacial score (nSPS) is 15.1. The summed E-state index contributed by atoms with van der Waals surface area (Å²) in [6, 6.07) is 11.6. The molecule has 1 saturated heterocycles. The second-order valence-corrected chi connectivity index (χ2v) is 8.39. The van der Waals surface area contributed by atoms with Crippen molar-refractivity contribution in [3.63, 3.8) is 0 Å². The summed E-state index contributed by atoms with van der Waals surface area (Å²) in [6.07, 6.45) is 5.15. The molecule has 1 N–H and O–H groups in total. The number of nitrogens with one attached hydrogen (secondary N) is 1. The van der Waals surface area contributed by atoms with E-state index in [1.165, 1.54) is 10.9 Å². The number of carbonyl (C=O) groups is 1. The monoisotopic (exact) mass is 430 g/mol. The van der Waals surface area contributed by atoms with Gasteiger partial charge in [-0.15, -0.1) is 0 Å². The number of amides is 1. The first-order valence-corrected chi connectivity index (χ1v) is 10.7. The van der Waals surface area contributed by atoms with Gasteiger partial charge in [-0.1, -0.05) is 29.3 Å². The zero-order valence-electron chi connectivity index (χ0n) is 16.4. The number of hydrogen-bond donors (Lipinski definition) is 1. The summed E-state index contributed by atoms with van der Waals surface area (Å²) < 4.78 is 5.38. The van der Waals surface area contributed by atoms with E-state index in [-0.39, 0.29) is 5.91 Å². The van der Waals surface area contributed by atoms with Crippen molar-refractivity contribution in [3.05, 3.63) is 63.8 Å². The Morgan fingerprint density at radius 3 is 2.69 bits per heavy atom. The first-order chi connectivity index (χ1) is 14.0. The smallest absolute Gasteiger partial charge is 0.222 e. The summed E-state index contributed by atoms with van der Waals surface area (Å²) in [7, 11) is 1.69. The van der Waals surface area contributed by atoms with Gasteiger partial charge in [0.05, 0.1) is 7.11 Å². The van der Waals surface area contributed by atoms with E-state index in [2.05, 4.69) is 23.3 Å². The highest BCUT2D eigenvalue weighted by atomic mass is 35.5. The van der Waals surface area contributed by atoms with Gasteiger partial charge >= 0.3 is 0 Å². The second kappa shape index (κ2) is 8.68. The van der Waals surface area contributed by atoms with Gasteiger partial charge in [-0.25, -0.2) is 0 Å². The summed E-state index contributed by atoms with van der Waals surface area (Å²) in [6.45, 7) is 1.57. The van der Waals surface area contributed by atoms with Crippen molar-refractivity contribution in [1.82, 2.24) is 9.88 Å². The molecular weight excluding hydrogens is 407 g/mol. The quantitative estimate of drug-likeness (QED) is 0.553. The van der Waals surface area contributed by atoms with Crippen LogP contribution in [-0.4, -0.2) is 36.0 Å². The lowest BCUT2D eigenvalue weighted by Gasteiger charge is -2.32. The van der Waals surface area contributed by atoms with Gasteiger partial charge < -0.3 is 14.6 Å². The number of carbonyl (C=O) groups excluding carboxylic acids is 1. The van der Waals surface area contributed by atoms with Crippen molar-refractivity contribution in [2.45, 2.75) is 31.6 Å². The Hall–Kier alpha value is -2.17. The largest absolute Gasteiger partial charge is 0.497 e. The second-order valence-electron chi connectivity index (χ2n) is 7.55. The summed E-state index contributed by atoms with van der Waals surface area (Å²) in [5, 5.41) is 2.45. The number of aromatic nitrogens is 1. The molecule has 0 bridgehead atoms. The van der Waals surface area contributed by atoms with E-state index in [1.807, 2.05) is 23.1 Å². The predicted molar refractivity (Wildman–Crippen MR) is 118 cm³/mol. The number of halogens is 2. The average Bonchev–Trinajstić information content (AvgIpc) is 3.16. The topological polar surface area (TPSA) is 45.3 Å². The fourth-order valence-corrected chi connectivity index (χ4v) is 4.65. The van der Waals surface area contributed by atoms with Crippen molar-refractivity contribution < 1.29 is 9.53 Å². The van der Waals surface area contributed by atoms with E-state index >= 15 is 0 Å². The molecule has 3 aromatic rings. The molecule has 1 aliphatic rings. The van der Waals surface area contributed by atoms with Crippen LogP contribution in [-0.2, 0) is 11.2 Å². The number of likely N-dealkylation sites (tertiary alicyclic amines) is 1. The van der Waals surface area contributed by atoms with Gasteiger partial charge in [-0.2, -0.15) is 0 Å². The Bertz CT molecular complexity index is 1020. The number of methoxy groups -OCH3 is 1. The number of fused-ring (bicyclic) bond motifs is 1. The van der Waals surface area contributed by atoms with Crippen LogP contribution in [0.2, 0.25) is 10.0 Å². The summed E-state index contributed by atoms with van der Waals surface area (Å²) in [4.78, 5) is 18.0. The molecule has 0 spiro atoms. The van der Waals surface area contributed by atoms with Gasteiger partial charge in [-0.05, 0) is 66.6 Å². The van der Waals surface area contributed by atoms with Gasteiger partial charge in [0.25, 0.3) is 0 Å². The highest BCUT2D eigenvalue weighted by Crippen LogP contribution is 2.35. The van der Waals surface area contributed by atoms with Gasteiger partial charge in [0.15, 0.2) is 0 Å². The SMILES string of the molecule is COc1ccc2[nH]cc(C3CCN(C(=O)CCc4ccc(Cl)cc4Cl)CC3)c2c1. The van der Waals surface area contributed by atoms with Crippen molar-refractivity contribution >= 4 is 40.0 Å². The van der Waals surface area contributed by atoms with Crippen LogP contribution >= 0.6 is 23.2 Å². The number of aromatic amines is 1. The van der Waals surface area contributed by atoms with Gasteiger partial charge in [0.1, 0.15) is 5.75 Å². The maximum absolute atomic E-state index is 12.7. The fourth-order valence-electron chi connectivity index (χ4n) is 4.15. The number of benzene rings is 2. The van der Waals surface area contributed by atoms with Crippen LogP contribution in [0.5, 0.6) is 5.75 Å². The molecule has 152 valence electrons. The van der Waals surface area contributed by atoms with E-state index in [9.17, 15) is 4.79 Å². The molecule has 2 heterocycles. The summed E-state index contributed by atoms with van der Waals surface area (Å²) in [5.41, 5.74) is 3.41. The van der Waals surface area contributed by atoms with Crippen LogP contribution in [0.25, 0.3) is 10.9 Å². The predicted octanol–water partition coefficient (Wildman–Crippen LogP) is 5.82. The molecule has 1 amide bonds. The Morgan fingerprint density at radius 2 is 1.97 bits per heavy atom. The van der Waals surface area contributed by atoms with Crippen LogP contribution < -0.4 is 4.74 Å². The minimum Gasteiger partial charge on any atom is -0.497 e. The molecule has 0 saturated carbocycles. The van der Waals surface area contributed by atoms with Crippen molar-refractivity contribution in [2.24, 2.45) is 0 Å². The summed E-state index contributed by atoms with van der Waals surface area (Å²) >= 11 is 12.2. The Labute approximate surface area is 180 Å². The third-order valence-corrected chi connectivity index (χ3v) is 6.42. The number of ether oxygens (including phenoxy) is 1. The van der Waals surface area contributed by atoms with Gasteiger partial charge in [0.2, 0.25) is 5.91 Å². The third-order valence-electron chi connectivity index (χ3n) is 5.83. The molecule has 29 heavy (non-hydrogen) atoms. The van der Waals surface area contributed by atoms with E-state index in [1.54, 1.807) is 13.2 Å². The molecule has 1 aromatic heterocycles. The molecule has 2 aromatic carbocycles. The van der Waals surface area contributed by atoms with Gasteiger partial charge in [0, 0.05) is 46.7 Å². The van der Waals surface area contributed by atoms with Crippen LogP contribution in [0.3, 0.4) is 0 Å². The van der Waals surface area contributed by atoms with E-state index < -0.39 is 0 Å². The van der Waals surface area contributed by atoms with E-state index in [0.29, 0.717) is 28.8 Å². The highest BCUT2D eigenvalue weighted by molar-refractivity contribution is 6.35. The van der Waals surface area contributed by atoms with Crippen molar-refractivity contribution in [2.75, 3.05) is 20.2 Å². The molecule has 6 heteroatoms. The number of hydrogen-bond acceptors (Lipinski definition) is 2. The van der Waals surface area contributed by atoms with E-state index in [0.717, 1.165) is 42.8 Å². The van der Waals surface area contributed by atoms with Gasteiger partial charge in [-0.3, -0.25) is 4.79 Å². The van der Waals surface area contributed by atoms with Crippen LogP contribution in [0.15, 0.2) is 42.6 Å². The zero-order chi connectivity index (χ0) is 20.4. The molecule has 0 radical (unpaired) electrons. The average molecular weight is 431 g/mol. The lowest BCUT2D eigenvalue weighted by atomic mass is 9.89. The molecule has 0 aliphatic carbocycles. The van der Waals surface area contributed by atoms with Crippen LogP contribution in [0, 0.1) is 0 Å². The maximum Gasteiger partial charge on any atom is 0.222 e. The Morgan fingerprint density at radius 1 is 1.17 bits per heavy atom. The maximum atomic E-state index is 12.7. The molecule has 0 unspecified atom stereocenters. The number of aryl methyl sites for hydroxylation is 1. The molecular formula is C23H24Cl2N2O2. The molecule has 4 rings (SSSR count). The standard InChI is InChI=1S/C23H24Cl2N2O2/c1-29-18-5-6-22-19(13-18)20(14-26-22)15-8-10-27(11-9-15)23(28)7-3-16-2-4-17(24)12-21(16)25/h2,4-6,12-15,26H,3,7-11H2,1H3. The zero-order valence-corrected chi connectivity index (χ0v) is 17.9. The molecule has 4 nitrogen and oxygen atoms in total. The van der Waals surface area contributed by atoms with Crippen LogP contribution in [0.4, 0.5) is 0 Å². The highest BCUT2D eigenvalue weighted by Gasteiger charge is 2.25. The Kier molecular flexibility index (Phi) is 6.02. The molecule has 0 atom stereocenters. The number of nitrogens with zero attached hydrogens (tertiary/aromatic N) is 1. The number of piperidine rings is 1. The minimum atomic E-state index is 0.190. The lowest BCUT2D eigenvalue weighted by molar-refractivity contribution is -0.132. The Balaban J connectivity index is 1.36. The summed E-state index contributed by atoms with van der Waals surface area (Å²) in [5.74, 6) is 1.51. The first-order valence-electron chi connectivity index (χ1n) is 9.92. The van der Waals surface area contributed by atoms with Crippen molar-refractivity contribution in [1.29, 1.82) is 0 Å². The van der Waals surface area contributed by atoms with Crippen molar-refractivity contribution in [3.8, 4) is 5.75 Å².